The molecule has 0 unspecified atom stereocenters. The first-order chi connectivity index (χ1) is 13.4. The Bertz CT molecular complexity index is 886. The van der Waals surface area contributed by atoms with Gasteiger partial charge in [0.1, 0.15) is 12.4 Å². The predicted octanol–water partition coefficient (Wildman–Crippen LogP) is 5.18. The topological polar surface area (TPSA) is 39.9 Å². The summed E-state index contributed by atoms with van der Waals surface area (Å²) in [4.78, 5) is 0. The molecule has 0 atom stereocenters. The Balaban J connectivity index is 1.76. The van der Waals surface area contributed by atoms with Gasteiger partial charge in [-0.05, 0) is 29.8 Å². The fourth-order valence-electron chi connectivity index (χ4n) is 2.52. The molecule has 2 aromatic carbocycles. The van der Waals surface area contributed by atoms with Gasteiger partial charge in [0.05, 0.1) is 6.61 Å². The smallest absolute Gasteiger partial charge is 0.371 e. The summed E-state index contributed by atoms with van der Waals surface area (Å²) in [6.07, 6.45) is -3.75. The summed E-state index contributed by atoms with van der Waals surface area (Å²) in [6.45, 7) is -1.29. The SMILES string of the molecule is FC(F)(F)COCCSc1nnc(Cc2ccccc2)n1-c1ccc(Cl)cc1. The Labute approximate surface area is 169 Å². The number of aromatic nitrogens is 3. The van der Waals surface area contributed by atoms with Crippen LogP contribution in [0.3, 0.4) is 0 Å². The Morgan fingerprint density at radius 1 is 1.00 bits per heavy atom. The summed E-state index contributed by atoms with van der Waals surface area (Å²) in [5.41, 5.74) is 1.91. The number of benzene rings is 2. The minimum absolute atomic E-state index is 0.0360. The Morgan fingerprint density at radius 3 is 2.39 bits per heavy atom. The van der Waals surface area contributed by atoms with Gasteiger partial charge in [0, 0.05) is 22.9 Å². The zero-order valence-corrected chi connectivity index (χ0v) is 16.3. The summed E-state index contributed by atoms with van der Waals surface area (Å²) >= 11 is 7.28. The molecule has 28 heavy (non-hydrogen) atoms. The molecule has 0 fully saturated rings. The quantitative estimate of drug-likeness (QED) is 0.366. The minimum Gasteiger partial charge on any atom is -0.371 e. The number of rotatable bonds is 8. The van der Waals surface area contributed by atoms with E-state index in [1.54, 1.807) is 12.1 Å². The first-order valence-electron chi connectivity index (χ1n) is 8.44. The van der Waals surface area contributed by atoms with Crippen LogP contribution in [0, 0.1) is 0 Å². The number of halogens is 4. The van der Waals surface area contributed by atoms with E-state index in [9.17, 15) is 13.2 Å². The lowest BCUT2D eigenvalue weighted by atomic mass is 10.1. The van der Waals surface area contributed by atoms with Crippen molar-refractivity contribution in [3.8, 4) is 5.69 Å². The van der Waals surface area contributed by atoms with Crippen LogP contribution < -0.4 is 0 Å². The molecule has 0 saturated carbocycles. The van der Waals surface area contributed by atoms with Crippen LogP contribution >= 0.6 is 23.4 Å². The standard InChI is InChI=1S/C19H17ClF3N3OS/c20-15-6-8-16(9-7-15)26-17(12-14-4-2-1-3-5-14)24-25-18(26)28-11-10-27-13-19(21,22)23/h1-9H,10-13H2. The van der Waals surface area contributed by atoms with Crippen molar-refractivity contribution in [1.29, 1.82) is 0 Å². The molecular weight excluding hydrogens is 411 g/mol. The molecule has 1 heterocycles. The molecule has 0 amide bonds. The van der Waals surface area contributed by atoms with Crippen molar-refractivity contribution in [2.24, 2.45) is 0 Å². The van der Waals surface area contributed by atoms with Crippen LogP contribution in [-0.2, 0) is 11.2 Å². The second kappa shape index (κ2) is 9.45. The maximum atomic E-state index is 12.2. The second-order valence-electron chi connectivity index (χ2n) is 5.89. The molecule has 0 aliphatic rings. The lowest BCUT2D eigenvalue weighted by Gasteiger charge is -2.11. The molecule has 0 aliphatic carbocycles. The summed E-state index contributed by atoms with van der Waals surface area (Å²) in [6, 6.07) is 17.1. The van der Waals surface area contributed by atoms with E-state index in [2.05, 4.69) is 14.9 Å². The molecule has 4 nitrogen and oxygen atoms in total. The minimum atomic E-state index is -4.32. The molecule has 0 N–H and O–H groups in total. The van der Waals surface area contributed by atoms with Gasteiger partial charge >= 0.3 is 6.18 Å². The van der Waals surface area contributed by atoms with Gasteiger partial charge in [-0.1, -0.05) is 53.7 Å². The van der Waals surface area contributed by atoms with Crippen molar-refractivity contribution in [2.45, 2.75) is 17.8 Å². The zero-order chi connectivity index (χ0) is 20.0. The van der Waals surface area contributed by atoms with Crippen LogP contribution in [0.5, 0.6) is 0 Å². The van der Waals surface area contributed by atoms with Gasteiger partial charge in [-0.25, -0.2) is 0 Å². The molecule has 0 saturated heterocycles. The third-order valence-electron chi connectivity index (χ3n) is 3.71. The van der Waals surface area contributed by atoms with Crippen molar-refractivity contribution in [3.63, 3.8) is 0 Å². The van der Waals surface area contributed by atoms with Crippen LogP contribution in [0.25, 0.3) is 5.69 Å². The van der Waals surface area contributed by atoms with Gasteiger partial charge in [-0.2, -0.15) is 13.2 Å². The number of thioether (sulfide) groups is 1. The van der Waals surface area contributed by atoms with Crippen LogP contribution in [-0.4, -0.2) is 39.9 Å². The van der Waals surface area contributed by atoms with E-state index in [0.29, 0.717) is 22.4 Å². The Kier molecular flexibility index (Phi) is 6.98. The van der Waals surface area contributed by atoms with Crippen molar-refractivity contribution >= 4 is 23.4 Å². The number of ether oxygens (including phenoxy) is 1. The maximum Gasteiger partial charge on any atom is 0.411 e. The first-order valence-corrected chi connectivity index (χ1v) is 9.80. The van der Waals surface area contributed by atoms with Gasteiger partial charge in [0.25, 0.3) is 0 Å². The molecule has 148 valence electrons. The van der Waals surface area contributed by atoms with E-state index in [1.165, 1.54) is 11.8 Å². The maximum absolute atomic E-state index is 12.2. The van der Waals surface area contributed by atoms with E-state index in [4.69, 9.17) is 11.6 Å². The molecule has 9 heteroatoms. The summed E-state index contributed by atoms with van der Waals surface area (Å²) in [7, 11) is 0. The largest absolute Gasteiger partial charge is 0.411 e. The van der Waals surface area contributed by atoms with Crippen LogP contribution in [0.1, 0.15) is 11.4 Å². The predicted molar refractivity (Wildman–Crippen MR) is 103 cm³/mol. The van der Waals surface area contributed by atoms with Gasteiger partial charge in [-0.3, -0.25) is 4.57 Å². The lowest BCUT2D eigenvalue weighted by Crippen LogP contribution is -2.18. The molecule has 0 spiro atoms. The van der Waals surface area contributed by atoms with Crippen molar-refractivity contribution in [1.82, 2.24) is 14.8 Å². The molecule has 1 aromatic heterocycles. The van der Waals surface area contributed by atoms with E-state index >= 15 is 0 Å². The van der Waals surface area contributed by atoms with E-state index < -0.39 is 12.8 Å². The molecular formula is C19H17ClF3N3OS. The van der Waals surface area contributed by atoms with Crippen LogP contribution in [0.4, 0.5) is 13.2 Å². The lowest BCUT2D eigenvalue weighted by molar-refractivity contribution is -0.172. The monoisotopic (exact) mass is 427 g/mol. The van der Waals surface area contributed by atoms with E-state index in [-0.39, 0.29) is 6.61 Å². The molecule has 3 aromatic rings. The van der Waals surface area contributed by atoms with Gasteiger partial charge in [-0.15, -0.1) is 10.2 Å². The highest BCUT2D eigenvalue weighted by atomic mass is 35.5. The molecule has 0 radical (unpaired) electrons. The molecule has 3 rings (SSSR count). The highest BCUT2D eigenvalue weighted by Crippen LogP contribution is 2.25. The highest BCUT2D eigenvalue weighted by Gasteiger charge is 2.27. The summed E-state index contributed by atoms with van der Waals surface area (Å²) < 4.78 is 43.0. The van der Waals surface area contributed by atoms with Gasteiger partial charge in [0.15, 0.2) is 5.16 Å². The van der Waals surface area contributed by atoms with Gasteiger partial charge < -0.3 is 4.74 Å². The number of hydrogen-bond acceptors (Lipinski definition) is 4. The van der Waals surface area contributed by atoms with Crippen molar-refractivity contribution in [2.75, 3.05) is 19.0 Å². The molecule has 0 aliphatic heterocycles. The van der Waals surface area contributed by atoms with Crippen molar-refractivity contribution < 1.29 is 17.9 Å². The van der Waals surface area contributed by atoms with E-state index in [0.717, 1.165) is 17.1 Å². The Hall–Kier alpha value is -2.03. The summed E-state index contributed by atoms with van der Waals surface area (Å²) in [5, 5.41) is 9.70. The van der Waals surface area contributed by atoms with Crippen LogP contribution in [0.15, 0.2) is 59.8 Å². The van der Waals surface area contributed by atoms with Crippen molar-refractivity contribution in [3.05, 3.63) is 71.0 Å². The molecule has 0 bridgehead atoms. The Morgan fingerprint density at radius 2 is 1.71 bits per heavy atom. The third-order valence-corrected chi connectivity index (χ3v) is 4.86. The number of alkyl halides is 3. The fraction of sp³-hybridized carbons (Fsp3) is 0.263. The first kappa shape index (κ1) is 20.7. The summed E-state index contributed by atoms with van der Waals surface area (Å²) in [5.74, 6) is 1.06. The number of nitrogens with zero attached hydrogens (tertiary/aromatic N) is 3. The average Bonchev–Trinajstić information content (AvgIpc) is 3.04. The third kappa shape index (κ3) is 5.98. The zero-order valence-electron chi connectivity index (χ0n) is 14.7. The second-order valence-corrected chi connectivity index (χ2v) is 7.39. The highest BCUT2D eigenvalue weighted by molar-refractivity contribution is 7.99. The van der Waals surface area contributed by atoms with Crippen LogP contribution in [0.2, 0.25) is 5.02 Å². The van der Waals surface area contributed by atoms with Gasteiger partial charge in [0.2, 0.25) is 0 Å². The van der Waals surface area contributed by atoms with E-state index in [1.807, 2.05) is 47.0 Å². The fourth-order valence-corrected chi connectivity index (χ4v) is 3.46. The number of hydrogen-bond donors (Lipinski definition) is 0. The normalized spacial score (nSPS) is 11.7. The average molecular weight is 428 g/mol.